The Balaban J connectivity index is 1.76. The van der Waals surface area contributed by atoms with Crippen molar-refractivity contribution in [3.63, 3.8) is 0 Å². The van der Waals surface area contributed by atoms with Crippen molar-refractivity contribution >= 4 is 5.91 Å². The fourth-order valence-electron chi connectivity index (χ4n) is 3.64. The molecule has 1 aromatic heterocycles. The lowest BCUT2D eigenvalue weighted by Crippen LogP contribution is -2.52. The van der Waals surface area contributed by atoms with E-state index in [0.29, 0.717) is 5.41 Å². The second-order valence-corrected chi connectivity index (χ2v) is 6.38. The zero-order valence-electron chi connectivity index (χ0n) is 12.5. The second-order valence-electron chi connectivity index (χ2n) is 6.38. The molecule has 2 aliphatic rings. The van der Waals surface area contributed by atoms with Crippen LogP contribution in [-0.2, 0) is 7.05 Å². The van der Waals surface area contributed by atoms with Gasteiger partial charge in [0, 0.05) is 37.8 Å². The molecule has 3 heterocycles. The van der Waals surface area contributed by atoms with Crippen molar-refractivity contribution in [2.45, 2.75) is 32.6 Å². The molecular formula is C15H24N4O. The van der Waals surface area contributed by atoms with E-state index in [-0.39, 0.29) is 5.91 Å². The predicted octanol–water partition coefficient (Wildman–Crippen LogP) is 1.33. The zero-order valence-corrected chi connectivity index (χ0v) is 12.5. The van der Waals surface area contributed by atoms with Gasteiger partial charge in [-0.2, -0.15) is 5.10 Å². The largest absolute Gasteiger partial charge is 0.338 e. The maximum absolute atomic E-state index is 12.7. The molecule has 0 aromatic carbocycles. The van der Waals surface area contributed by atoms with E-state index < -0.39 is 0 Å². The highest BCUT2D eigenvalue weighted by Gasteiger charge is 2.38. The Hall–Kier alpha value is -1.36. The summed E-state index contributed by atoms with van der Waals surface area (Å²) in [4.78, 5) is 14.8. The molecule has 1 spiro atoms. The zero-order chi connectivity index (χ0) is 14.2. The second kappa shape index (κ2) is 5.20. The molecule has 2 aliphatic heterocycles. The Morgan fingerprint density at radius 1 is 1.40 bits per heavy atom. The number of hydrogen-bond acceptors (Lipinski definition) is 3. The van der Waals surface area contributed by atoms with E-state index in [0.717, 1.165) is 43.9 Å². The van der Waals surface area contributed by atoms with Crippen LogP contribution in [0.3, 0.4) is 0 Å². The normalized spacial score (nSPS) is 27.0. The molecule has 1 N–H and O–H groups in total. The third-order valence-corrected chi connectivity index (χ3v) is 4.97. The monoisotopic (exact) mass is 276 g/mol. The van der Waals surface area contributed by atoms with Gasteiger partial charge in [-0.25, -0.2) is 0 Å². The average Bonchev–Trinajstić information content (AvgIpc) is 2.79. The Morgan fingerprint density at radius 3 is 2.85 bits per heavy atom. The van der Waals surface area contributed by atoms with Gasteiger partial charge in [0.1, 0.15) is 0 Å². The quantitative estimate of drug-likeness (QED) is 0.842. The molecule has 2 fully saturated rings. The lowest BCUT2D eigenvalue weighted by Gasteiger charge is -2.45. The topological polar surface area (TPSA) is 50.2 Å². The van der Waals surface area contributed by atoms with E-state index in [1.54, 1.807) is 10.9 Å². The summed E-state index contributed by atoms with van der Waals surface area (Å²) in [5.41, 5.74) is 2.02. The van der Waals surface area contributed by atoms with Crippen LogP contribution in [0.4, 0.5) is 0 Å². The number of hydrogen-bond donors (Lipinski definition) is 1. The molecule has 3 rings (SSSR count). The molecule has 5 heteroatoms. The van der Waals surface area contributed by atoms with Gasteiger partial charge in [0.25, 0.3) is 5.91 Å². The fraction of sp³-hybridized carbons (Fsp3) is 0.733. The van der Waals surface area contributed by atoms with Crippen molar-refractivity contribution in [3.8, 4) is 0 Å². The fourth-order valence-corrected chi connectivity index (χ4v) is 3.64. The number of aromatic nitrogens is 2. The summed E-state index contributed by atoms with van der Waals surface area (Å²) < 4.78 is 1.77. The molecule has 0 bridgehead atoms. The molecule has 1 amide bonds. The molecule has 0 radical (unpaired) electrons. The number of piperidine rings is 2. The van der Waals surface area contributed by atoms with E-state index in [1.807, 2.05) is 18.9 Å². The molecule has 2 saturated heterocycles. The number of nitrogens with one attached hydrogen (secondary N) is 1. The van der Waals surface area contributed by atoms with Gasteiger partial charge >= 0.3 is 0 Å². The molecule has 1 atom stereocenters. The van der Waals surface area contributed by atoms with Gasteiger partial charge in [0.15, 0.2) is 0 Å². The Bertz CT molecular complexity index is 496. The minimum atomic E-state index is 0.153. The molecule has 110 valence electrons. The molecule has 1 aromatic rings. The van der Waals surface area contributed by atoms with Gasteiger partial charge in [-0.1, -0.05) is 0 Å². The van der Waals surface area contributed by atoms with Crippen LogP contribution >= 0.6 is 0 Å². The summed E-state index contributed by atoms with van der Waals surface area (Å²) in [6, 6.07) is 0. The van der Waals surface area contributed by atoms with Crippen LogP contribution in [0.2, 0.25) is 0 Å². The maximum atomic E-state index is 12.7. The van der Waals surface area contributed by atoms with Crippen molar-refractivity contribution in [2.24, 2.45) is 12.5 Å². The van der Waals surface area contributed by atoms with Crippen molar-refractivity contribution < 1.29 is 4.79 Å². The van der Waals surface area contributed by atoms with Gasteiger partial charge in [-0.05, 0) is 39.2 Å². The van der Waals surface area contributed by atoms with E-state index in [4.69, 9.17) is 0 Å². The summed E-state index contributed by atoms with van der Waals surface area (Å²) in [5.74, 6) is 0.153. The molecule has 20 heavy (non-hydrogen) atoms. The minimum absolute atomic E-state index is 0.153. The first-order valence-corrected chi connectivity index (χ1v) is 7.60. The molecule has 1 unspecified atom stereocenters. The van der Waals surface area contributed by atoms with Crippen LogP contribution in [0.1, 0.15) is 41.7 Å². The lowest BCUT2D eigenvalue weighted by molar-refractivity contribution is 0.0433. The van der Waals surface area contributed by atoms with Gasteiger partial charge in [-0.15, -0.1) is 0 Å². The summed E-state index contributed by atoms with van der Waals surface area (Å²) in [5, 5.41) is 7.70. The van der Waals surface area contributed by atoms with Crippen LogP contribution in [-0.4, -0.2) is 46.8 Å². The van der Waals surface area contributed by atoms with Gasteiger partial charge in [0.05, 0.1) is 11.8 Å². The van der Waals surface area contributed by atoms with Crippen LogP contribution < -0.4 is 5.32 Å². The van der Waals surface area contributed by atoms with Crippen LogP contribution in [0, 0.1) is 12.3 Å². The number of amides is 1. The van der Waals surface area contributed by atoms with Crippen molar-refractivity contribution in [1.29, 1.82) is 0 Å². The first kappa shape index (κ1) is 13.6. The summed E-state index contributed by atoms with van der Waals surface area (Å²) in [6.45, 7) is 5.92. The SMILES string of the molecule is Cc1c(C(=O)N2CCCC3(CCCNC3)C2)cnn1C. The summed E-state index contributed by atoms with van der Waals surface area (Å²) in [6.07, 6.45) is 6.55. The first-order valence-electron chi connectivity index (χ1n) is 7.60. The van der Waals surface area contributed by atoms with Crippen LogP contribution in [0.25, 0.3) is 0 Å². The van der Waals surface area contributed by atoms with Gasteiger partial charge in [0.2, 0.25) is 0 Å². The smallest absolute Gasteiger partial charge is 0.257 e. The highest BCUT2D eigenvalue weighted by molar-refractivity contribution is 5.95. The van der Waals surface area contributed by atoms with E-state index in [9.17, 15) is 4.79 Å². The van der Waals surface area contributed by atoms with E-state index in [1.165, 1.54) is 19.3 Å². The van der Waals surface area contributed by atoms with Gasteiger partial charge < -0.3 is 10.2 Å². The highest BCUT2D eigenvalue weighted by Crippen LogP contribution is 2.36. The van der Waals surface area contributed by atoms with E-state index in [2.05, 4.69) is 10.4 Å². The number of rotatable bonds is 1. The van der Waals surface area contributed by atoms with Crippen molar-refractivity contribution in [3.05, 3.63) is 17.5 Å². The Morgan fingerprint density at radius 2 is 2.20 bits per heavy atom. The Labute approximate surface area is 120 Å². The maximum Gasteiger partial charge on any atom is 0.257 e. The number of carbonyl (C=O) groups is 1. The minimum Gasteiger partial charge on any atom is -0.338 e. The standard InChI is InChI=1S/C15H24N4O/c1-12-13(9-17-18(12)2)14(20)19-8-4-6-15(11-19)5-3-7-16-10-15/h9,16H,3-8,10-11H2,1-2H3. The number of nitrogens with zero attached hydrogens (tertiary/aromatic N) is 3. The average molecular weight is 276 g/mol. The number of carbonyl (C=O) groups excluding carboxylic acids is 1. The molecular weight excluding hydrogens is 252 g/mol. The third kappa shape index (κ3) is 2.35. The Kier molecular flexibility index (Phi) is 3.54. The van der Waals surface area contributed by atoms with Crippen molar-refractivity contribution in [1.82, 2.24) is 20.0 Å². The molecule has 0 saturated carbocycles. The summed E-state index contributed by atoms with van der Waals surface area (Å²) in [7, 11) is 1.88. The van der Waals surface area contributed by atoms with E-state index >= 15 is 0 Å². The lowest BCUT2D eigenvalue weighted by atomic mass is 9.74. The van der Waals surface area contributed by atoms with Crippen LogP contribution in [0.15, 0.2) is 6.20 Å². The molecule has 5 nitrogen and oxygen atoms in total. The predicted molar refractivity (Wildman–Crippen MR) is 77.6 cm³/mol. The number of likely N-dealkylation sites (tertiary alicyclic amines) is 1. The number of aryl methyl sites for hydroxylation is 1. The highest BCUT2D eigenvalue weighted by atomic mass is 16.2. The summed E-state index contributed by atoms with van der Waals surface area (Å²) >= 11 is 0. The van der Waals surface area contributed by atoms with Crippen molar-refractivity contribution in [2.75, 3.05) is 26.2 Å². The van der Waals surface area contributed by atoms with Gasteiger partial charge in [-0.3, -0.25) is 9.48 Å². The van der Waals surface area contributed by atoms with Crippen LogP contribution in [0.5, 0.6) is 0 Å². The first-order chi connectivity index (χ1) is 9.61. The molecule has 0 aliphatic carbocycles. The third-order valence-electron chi connectivity index (χ3n) is 4.97.